The van der Waals surface area contributed by atoms with Gasteiger partial charge < -0.3 is 9.29 Å². The van der Waals surface area contributed by atoms with Gasteiger partial charge in [-0.1, -0.05) is 24.3 Å². The van der Waals surface area contributed by atoms with Crippen LogP contribution in [0.25, 0.3) is 21.8 Å². The zero-order valence-corrected chi connectivity index (χ0v) is 14.1. The number of hydrogen-bond acceptors (Lipinski definition) is 4. The molecule has 1 heterocycles. The standard InChI is InChI=1S/C15H14NO.CHF3O3S/c1-16-13-9-5-3-7-11(13)15(17-2)12-8-4-6-10-14(12)16;2-1(3,4)8(5,6)7/h3-10H,1-2H3;(H,5,6,7)/q+1;/p-1. The van der Waals surface area contributed by atoms with Gasteiger partial charge in [-0.05, 0) is 12.1 Å². The summed E-state index contributed by atoms with van der Waals surface area (Å²) in [5, 5.41) is 2.30. The number of ether oxygens (including phenoxy) is 1. The second-order valence-corrected chi connectivity index (χ2v) is 6.40. The molecule has 0 amide bonds. The highest BCUT2D eigenvalue weighted by molar-refractivity contribution is 7.86. The Hall–Kier alpha value is -2.39. The largest absolute Gasteiger partial charge is 0.741 e. The minimum Gasteiger partial charge on any atom is -0.741 e. The van der Waals surface area contributed by atoms with Crippen molar-refractivity contribution < 1.29 is 35.4 Å². The minimum absolute atomic E-state index is 0.953. The average Bonchev–Trinajstić information content (AvgIpc) is 2.54. The van der Waals surface area contributed by atoms with Crippen LogP contribution in [0.1, 0.15) is 0 Å². The molecule has 0 aliphatic carbocycles. The molecular formula is C16H14F3NO4S. The Morgan fingerprint density at radius 1 is 0.960 bits per heavy atom. The van der Waals surface area contributed by atoms with E-state index in [1.807, 2.05) is 12.1 Å². The molecule has 0 aliphatic rings. The third-order valence-corrected chi connectivity index (χ3v) is 4.07. The van der Waals surface area contributed by atoms with Gasteiger partial charge in [0.25, 0.3) is 0 Å². The summed E-state index contributed by atoms with van der Waals surface area (Å²) in [4.78, 5) is 0. The number of nitrogens with zero attached hydrogens (tertiary/aromatic N) is 1. The van der Waals surface area contributed by atoms with Gasteiger partial charge in [0.15, 0.2) is 10.1 Å². The molecule has 0 unspecified atom stereocenters. The van der Waals surface area contributed by atoms with Gasteiger partial charge in [0, 0.05) is 12.1 Å². The number of fused-ring (bicyclic) bond motifs is 2. The second kappa shape index (κ2) is 6.85. The molecule has 9 heteroatoms. The zero-order chi connectivity index (χ0) is 18.8. The van der Waals surface area contributed by atoms with Crippen molar-refractivity contribution in [2.75, 3.05) is 7.11 Å². The fourth-order valence-electron chi connectivity index (χ4n) is 2.41. The summed E-state index contributed by atoms with van der Waals surface area (Å²) in [5.41, 5.74) is -3.28. The lowest BCUT2D eigenvalue weighted by Gasteiger charge is -2.08. The molecule has 3 rings (SSSR count). The van der Waals surface area contributed by atoms with Gasteiger partial charge in [0.05, 0.1) is 17.9 Å². The molecule has 0 aliphatic heterocycles. The van der Waals surface area contributed by atoms with Gasteiger partial charge >= 0.3 is 5.51 Å². The van der Waals surface area contributed by atoms with E-state index >= 15 is 0 Å². The van der Waals surface area contributed by atoms with Crippen molar-refractivity contribution in [1.82, 2.24) is 0 Å². The molecule has 0 saturated carbocycles. The quantitative estimate of drug-likeness (QED) is 0.285. The van der Waals surface area contributed by atoms with Crippen molar-refractivity contribution >= 4 is 31.9 Å². The number of benzene rings is 2. The lowest BCUT2D eigenvalue weighted by Crippen LogP contribution is -2.30. The molecule has 0 radical (unpaired) electrons. The highest BCUT2D eigenvalue weighted by atomic mass is 32.2. The van der Waals surface area contributed by atoms with Crippen LogP contribution in [-0.4, -0.2) is 25.6 Å². The van der Waals surface area contributed by atoms with E-state index in [0.717, 1.165) is 16.5 Å². The molecule has 0 fully saturated rings. The number of aryl methyl sites for hydroxylation is 1. The van der Waals surface area contributed by atoms with Crippen LogP contribution in [0.3, 0.4) is 0 Å². The summed E-state index contributed by atoms with van der Waals surface area (Å²) in [6.07, 6.45) is 0. The molecule has 0 spiro atoms. The lowest BCUT2D eigenvalue weighted by atomic mass is 10.1. The molecule has 5 nitrogen and oxygen atoms in total. The summed E-state index contributed by atoms with van der Waals surface area (Å²) in [5.74, 6) is 0.953. The first kappa shape index (κ1) is 18.9. The number of para-hydroxylation sites is 2. The Kier molecular flexibility index (Phi) is 5.19. The van der Waals surface area contributed by atoms with Crippen LogP contribution in [0.2, 0.25) is 0 Å². The lowest BCUT2D eigenvalue weighted by molar-refractivity contribution is -0.617. The summed E-state index contributed by atoms with van der Waals surface area (Å²) in [7, 11) is -2.27. The first-order chi connectivity index (χ1) is 11.6. The Labute approximate surface area is 142 Å². The smallest absolute Gasteiger partial charge is 0.485 e. The summed E-state index contributed by atoms with van der Waals surface area (Å²) >= 11 is 0. The highest BCUT2D eigenvalue weighted by Gasteiger charge is 2.36. The van der Waals surface area contributed by atoms with Crippen LogP contribution in [0, 0.1) is 0 Å². The number of rotatable bonds is 1. The summed E-state index contributed by atoms with van der Waals surface area (Å²) in [6.45, 7) is 0. The SMILES string of the molecule is COc1c2ccccc2[n+](C)c2ccccc12.O=S(=O)([O-])C(F)(F)F. The van der Waals surface area contributed by atoms with Crippen molar-refractivity contribution in [2.45, 2.75) is 5.51 Å². The number of alkyl halides is 3. The average molecular weight is 373 g/mol. The van der Waals surface area contributed by atoms with Gasteiger partial charge in [-0.2, -0.15) is 17.7 Å². The Morgan fingerprint density at radius 3 is 1.64 bits per heavy atom. The van der Waals surface area contributed by atoms with E-state index in [9.17, 15) is 13.2 Å². The van der Waals surface area contributed by atoms with Crippen LogP contribution >= 0.6 is 0 Å². The molecule has 0 bridgehead atoms. The van der Waals surface area contributed by atoms with Crippen LogP contribution in [0.5, 0.6) is 5.75 Å². The predicted octanol–water partition coefficient (Wildman–Crippen LogP) is 2.88. The first-order valence-electron chi connectivity index (χ1n) is 6.93. The highest BCUT2D eigenvalue weighted by Crippen LogP contribution is 2.30. The van der Waals surface area contributed by atoms with E-state index < -0.39 is 15.6 Å². The van der Waals surface area contributed by atoms with E-state index in [-0.39, 0.29) is 0 Å². The molecule has 25 heavy (non-hydrogen) atoms. The molecule has 0 N–H and O–H groups in total. The Balaban J connectivity index is 0.000000242. The molecule has 0 atom stereocenters. The van der Waals surface area contributed by atoms with E-state index in [0.29, 0.717) is 0 Å². The van der Waals surface area contributed by atoms with Crippen molar-refractivity contribution in [1.29, 1.82) is 0 Å². The van der Waals surface area contributed by atoms with Crippen molar-refractivity contribution in [3.63, 3.8) is 0 Å². The van der Waals surface area contributed by atoms with Crippen molar-refractivity contribution in [3.05, 3.63) is 48.5 Å². The fraction of sp³-hybridized carbons (Fsp3) is 0.188. The maximum Gasteiger partial charge on any atom is 0.485 e. The van der Waals surface area contributed by atoms with Crippen LogP contribution < -0.4 is 9.30 Å². The normalized spacial score (nSPS) is 11.9. The number of halogens is 3. The number of hydrogen-bond donors (Lipinski definition) is 0. The maximum atomic E-state index is 10.7. The van der Waals surface area contributed by atoms with Crippen LogP contribution in [0.4, 0.5) is 13.2 Å². The van der Waals surface area contributed by atoms with E-state index in [1.165, 1.54) is 11.0 Å². The zero-order valence-electron chi connectivity index (χ0n) is 13.2. The monoisotopic (exact) mass is 373 g/mol. The molecule has 134 valence electrons. The van der Waals surface area contributed by atoms with Gasteiger partial charge in [0.1, 0.15) is 12.8 Å². The van der Waals surface area contributed by atoms with Crippen molar-refractivity contribution in [3.8, 4) is 5.75 Å². The number of aromatic nitrogens is 1. The van der Waals surface area contributed by atoms with Gasteiger partial charge in [0.2, 0.25) is 11.0 Å². The Bertz CT molecular complexity index is 960. The Morgan fingerprint density at radius 2 is 1.32 bits per heavy atom. The second-order valence-electron chi connectivity index (χ2n) is 5.03. The maximum absolute atomic E-state index is 10.7. The molecular weight excluding hydrogens is 359 g/mol. The van der Waals surface area contributed by atoms with Crippen LogP contribution in [-0.2, 0) is 17.2 Å². The van der Waals surface area contributed by atoms with Crippen molar-refractivity contribution in [2.24, 2.45) is 7.05 Å². The van der Waals surface area contributed by atoms with Crippen LogP contribution in [0.15, 0.2) is 48.5 Å². The van der Waals surface area contributed by atoms with E-state index in [1.54, 1.807) is 7.11 Å². The molecule has 1 aromatic heterocycles. The van der Waals surface area contributed by atoms with Gasteiger partial charge in [-0.25, -0.2) is 8.42 Å². The molecule has 2 aromatic carbocycles. The first-order valence-corrected chi connectivity index (χ1v) is 8.34. The van der Waals surface area contributed by atoms with E-state index in [4.69, 9.17) is 17.7 Å². The fourth-order valence-corrected chi connectivity index (χ4v) is 2.41. The van der Waals surface area contributed by atoms with E-state index in [2.05, 4.69) is 48.0 Å². The van der Waals surface area contributed by atoms with Gasteiger partial charge in [-0.3, -0.25) is 0 Å². The summed E-state index contributed by atoms with van der Waals surface area (Å²) < 4.78 is 66.7. The minimum atomic E-state index is -6.09. The molecule has 3 aromatic rings. The number of methoxy groups -OCH3 is 1. The van der Waals surface area contributed by atoms with Gasteiger partial charge in [-0.15, -0.1) is 0 Å². The predicted molar refractivity (Wildman–Crippen MR) is 84.9 cm³/mol. The topological polar surface area (TPSA) is 70.3 Å². The number of pyridine rings is 1. The summed E-state index contributed by atoms with van der Waals surface area (Å²) in [6, 6.07) is 16.6. The molecule has 0 saturated heterocycles. The third-order valence-electron chi connectivity index (χ3n) is 3.51. The third kappa shape index (κ3) is 3.83.